The zero-order chi connectivity index (χ0) is 14.6. The van der Waals surface area contributed by atoms with Crippen molar-refractivity contribution in [3.05, 3.63) is 21.7 Å². The average molecular weight is 333 g/mol. The fourth-order valence-electron chi connectivity index (χ4n) is 1.78. The number of hydrogen-bond acceptors (Lipinski definition) is 5. The first kappa shape index (κ1) is 15.8. The summed E-state index contributed by atoms with van der Waals surface area (Å²) in [5, 5.41) is 10.0. The Labute approximate surface area is 120 Å². The summed E-state index contributed by atoms with van der Waals surface area (Å²) in [5.74, 6) is 0.233. The summed E-state index contributed by atoms with van der Waals surface area (Å²) in [4.78, 5) is 11.6. The lowest BCUT2D eigenvalue weighted by atomic mass is 10.0. The van der Waals surface area contributed by atoms with Gasteiger partial charge in [0.25, 0.3) is 0 Å². The van der Waals surface area contributed by atoms with Crippen LogP contribution in [0.15, 0.2) is 10.5 Å². The van der Waals surface area contributed by atoms with Gasteiger partial charge in [-0.3, -0.25) is 0 Å². The molecule has 1 rings (SSSR count). The molecule has 1 atom stereocenters. The molecule has 0 aliphatic carbocycles. The highest BCUT2D eigenvalue weighted by Gasteiger charge is 2.26. The van der Waals surface area contributed by atoms with Gasteiger partial charge in [-0.15, -0.1) is 0 Å². The van der Waals surface area contributed by atoms with Gasteiger partial charge in [-0.05, 0) is 41.4 Å². The smallest absolute Gasteiger partial charge is 0.339 e. The Balaban J connectivity index is 3.31. The number of hydrogen-bond donors (Lipinski definition) is 1. The van der Waals surface area contributed by atoms with E-state index in [1.165, 1.54) is 14.2 Å². The molecule has 5 nitrogen and oxygen atoms in total. The van der Waals surface area contributed by atoms with Crippen molar-refractivity contribution in [2.24, 2.45) is 0 Å². The Morgan fingerprint density at radius 3 is 2.42 bits per heavy atom. The van der Waals surface area contributed by atoms with Crippen LogP contribution in [0.3, 0.4) is 0 Å². The largest absolute Gasteiger partial charge is 0.495 e. The first-order valence-electron chi connectivity index (χ1n) is 5.73. The Bertz CT molecular complexity index is 473. The maximum atomic E-state index is 11.6. The molecule has 0 bridgehead atoms. The zero-order valence-electron chi connectivity index (χ0n) is 11.3. The Morgan fingerprint density at radius 2 is 1.95 bits per heavy atom. The molecule has 0 saturated heterocycles. The van der Waals surface area contributed by atoms with E-state index in [2.05, 4.69) is 15.9 Å². The summed E-state index contributed by atoms with van der Waals surface area (Å²) < 4.78 is 15.8. The molecule has 19 heavy (non-hydrogen) atoms. The number of carbonyl (C=O) groups excluding carboxylic acids is 1. The van der Waals surface area contributed by atoms with Gasteiger partial charge in [-0.25, -0.2) is 4.79 Å². The van der Waals surface area contributed by atoms with Crippen LogP contribution in [0.4, 0.5) is 0 Å². The number of rotatable bonds is 5. The van der Waals surface area contributed by atoms with Crippen LogP contribution in [0.1, 0.15) is 24.2 Å². The second-order valence-corrected chi connectivity index (χ2v) is 4.61. The summed E-state index contributed by atoms with van der Waals surface area (Å²) in [6.45, 7) is 3.69. The highest BCUT2D eigenvalue weighted by atomic mass is 79.9. The molecule has 1 aromatic rings. The van der Waals surface area contributed by atoms with Crippen molar-refractivity contribution in [1.82, 2.24) is 0 Å². The number of aryl methyl sites for hydroxylation is 1. The summed E-state index contributed by atoms with van der Waals surface area (Å²) in [7, 11) is 2.99. The standard InChI is InChI=1S/C13H17BrO5/c1-5-19-13(16)10(15)8-6-7(2)11(17-3)9(14)12(8)18-4/h6,10,15H,5H2,1-4H3. The van der Waals surface area contributed by atoms with E-state index in [9.17, 15) is 9.90 Å². The van der Waals surface area contributed by atoms with Crippen LogP contribution in [0, 0.1) is 6.92 Å². The molecule has 1 N–H and O–H groups in total. The van der Waals surface area contributed by atoms with Crippen molar-refractivity contribution in [1.29, 1.82) is 0 Å². The van der Waals surface area contributed by atoms with Crippen molar-refractivity contribution >= 4 is 21.9 Å². The van der Waals surface area contributed by atoms with Crippen LogP contribution >= 0.6 is 15.9 Å². The van der Waals surface area contributed by atoms with Crippen LogP contribution in [0.25, 0.3) is 0 Å². The van der Waals surface area contributed by atoms with E-state index < -0.39 is 12.1 Å². The van der Waals surface area contributed by atoms with Crippen LogP contribution in [0.2, 0.25) is 0 Å². The molecular formula is C13H17BrO5. The number of esters is 1. The molecule has 6 heteroatoms. The van der Waals surface area contributed by atoms with Crippen molar-refractivity contribution in [2.45, 2.75) is 20.0 Å². The highest BCUT2D eigenvalue weighted by molar-refractivity contribution is 9.10. The third-order valence-electron chi connectivity index (χ3n) is 2.60. The molecule has 1 unspecified atom stereocenters. The summed E-state index contributed by atoms with van der Waals surface area (Å²) >= 11 is 3.35. The Morgan fingerprint density at radius 1 is 1.37 bits per heavy atom. The third-order valence-corrected chi connectivity index (χ3v) is 3.32. The lowest BCUT2D eigenvalue weighted by Crippen LogP contribution is -2.16. The average Bonchev–Trinajstić information content (AvgIpc) is 2.38. The summed E-state index contributed by atoms with van der Waals surface area (Å²) in [6, 6.07) is 1.64. The van der Waals surface area contributed by atoms with Gasteiger partial charge < -0.3 is 19.3 Å². The van der Waals surface area contributed by atoms with Gasteiger partial charge in [0, 0.05) is 5.56 Å². The second kappa shape index (κ2) is 6.77. The second-order valence-electron chi connectivity index (χ2n) is 3.82. The predicted molar refractivity (Wildman–Crippen MR) is 73.6 cm³/mol. The van der Waals surface area contributed by atoms with E-state index in [1.54, 1.807) is 13.0 Å². The predicted octanol–water partition coefficient (Wildman–Crippen LogP) is 2.37. The van der Waals surface area contributed by atoms with Crippen molar-refractivity contribution in [3.8, 4) is 11.5 Å². The number of halogens is 1. The van der Waals surface area contributed by atoms with Gasteiger partial charge in [-0.1, -0.05) is 0 Å². The lowest BCUT2D eigenvalue weighted by Gasteiger charge is -2.18. The minimum absolute atomic E-state index is 0.203. The molecule has 0 aliphatic rings. The maximum absolute atomic E-state index is 11.6. The number of aliphatic hydroxyl groups is 1. The number of benzene rings is 1. The minimum atomic E-state index is -1.39. The number of ether oxygens (including phenoxy) is 3. The molecule has 106 valence electrons. The van der Waals surface area contributed by atoms with Crippen molar-refractivity contribution in [2.75, 3.05) is 20.8 Å². The minimum Gasteiger partial charge on any atom is -0.495 e. The quantitative estimate of drug-likeness (QED) is 0.838. The summed E-state index contributed by atoms with van der Waals surface area (Å²) in [6.07, 6.45) is -1.39. The first-order valence-corrected chi connectivity index (χ1v) is 6.52. The molecular weight excluding hydrogens is 316 g/mol. The van der Waals surface area contributed by atoms with E-state index >= 15 is 0 Å². The molecule has 0 radical (unpaired) electrons. The Kier molecular flexibility index (Phi) is 5.62. The normalized spacial score (nSPS) is 11.9. The molecule has 0 spiro atoms. The number of methoxy groups -OCH3 is 2. The summed E-state index contributed by atoms with van der Waals surface area (Å²) in [5.41, 5.74) is 1.11. The molecule has 0 heterocycles. The van der Waals surface area contributed by atoms with E-state index in [4.69, 9.17) is 14.2 Å². The molecule has 1 aromatic carbocycles. The molecule has 0 aliphatic heterocycles. The van der Waals surface area contributed by atoms with Gasteiger partial charge in [0.1, 0.15) is 16.0 Å². The lowest BCUT2D eigenvalue weighted by molar-refractivity contribution is -0.153. The van der Waals surface area contributed by atoms with Crippen molar-refractivity contribution < 1.29 is 24.1 Å². The van der Waals surface area contributed by atoms with E-state index in [0.29, 0.717) is 21.5 Å². The fourth-order valence-corrected chi connectivity index (χ4v) is 2.64. The molecule has 0 amide bonds. The molecule has 0 aromatic heterocycles. The fraction of sp³-hybridized carbons (Fsp3) is 0.462. The maximum Gasteiger partial charge on any atom is 0.339 e. The first-order chi connectivity index (χ1) is 8.97. The number of aliphatic hydroxyl groups excluding tert-OH is 1. The van der Waals surface area contributed by atoms with Crippen molar-refractivity contribution in [3.63, 3.8) is 0 Å². The van der Waals surface area contributed by atoms with Gasteiger partial charge in [0.15, 0.2) is 6.10 Å². The van der Waals surface area contributed by atoms with Gasteiger partial charge >= 0.3 is 5.97 Å². The van der Waals surface area contributed by atoms with Crippen LogP contribution in [-0.4, -0.2) is 31.9 Å². The van der Waals surface area contributed by atoms with Crippen LogP contribution in [0.5, 0.6) is 11.5 Å². The monoisotopic (exact) mass is 332 g/mol. The SMILES string of the molecule is CCOC(=O)C(O)c1cc(C)c(OC)c(Br)c1OC. The van der Waals surface area contributed by atoms with E-state index in [1.807, 2.05) is 6.92 Å². The van der Waals surface area contributed by atoms with Crippen LogP contribution in [-0.2, 0) is 9.53 Å². The third kappa shape index (κ3) is 3.19. The zero-order valence-corrected chi connectivity index (χ0v) is 12.9. The van der Waals surface area contributed by atoms with E-state index in [0.717, 1.165) is 5.56 Å². The van der Waals surface area contributed by atoms with E-state index in [-0.39, 0.29) is 6.61 Å². The van der Waals surface area contributed by atoms with Crippen LogP contribution < -0.4 is 9.47 Å². The highest BCUT2D eigenvalue weighted by Crippen LogP contribution is 2.42. The molecule has 0 fully saturated rings. The van der Waals surface area contributed by atoms with Gasteiger partial charge in [-0.2, -0.15) is 0 Å². The number of carbonyl (C=O) groups is 1. The molecule has 0 saturated carbocycles. The Hall–Kier alpha value is -1.27. The topological polar surface area (TPSA) is 65.0 Å². The van der Waals surface area contributed by atoms with Gasteiger partial charge in [0.2, 0.25) is 0 Å². The van der Waals surface area contributed by atoms with Gasteiger partial charge in [0.05, 0.1) is 20.8 Å².